The van der Waals surface area contributed by atoms with Crippen LogP contribution in [0.25, 0.3) is 0 Å². The first kappa shape index (κ1) is 15.0. The lowest BCUT2D eigenvalue weighted by Crippen LogP contribution is -2.38. The molecular weight excluding hydrogens is 206 g/mol. The molecule has 1 saturated carbocycles. The van der Waals surface area contributed by atoms with Gasteiger partial charge in [0.1, 0.15) is 0 Å². The van der Waals surface area contributed by atoms with E-state index in [0.717, 1.165) is 17.8 Å². The van der Waals surface area contributed by atoms with Gasteiger partial charge in [0.05, 0.1) is 0 Å². The average molecular weight is 239 g/mol. The van der Waals surface area contributed by atoms with Gasteiger partial charge in [-0.2, -0.15) is 0 Å². The first-order valence-electron chi connectivity index (χ1n) is 7.71. The maximum absolute atomic E-state index is 3.64. The van der Waals surface area contributed by atoms with Crippen LogP contribution in [-0.4, -0.2) is 13.1 Å². The standard InChI is InChI=1S/C16H33N/c1-6-10-17-12-14-8-9-16(4,5)11-15(14)13(3)7-2/h13-15,17H,6-12H2,1-5H3. The summed E-state index contributed by atoms with van der Waals surface area (Å²) < 4.78 is 0. The number of nitrogens with one attached hydrogen (secondary N) is 1. The second-order valence-corrected chi connectivity index (χ2v) is 6.92. The van der Waals surface area contributed by atoms with E-state index in [1.54, 1.807) is 0 Å². The zero-order valence-electron chi connectivity index (χ0n) is 12.7. The van der Waals surface area contributed by atoms with Crippen molar-refractivity contribution >= 4 is 0 Å². The SMILES string of the molecule is CCCNCC1CCC(C)(C)CC1C(C)CC. The van der Waals surface area contributed by atoms with Crippen LogP contribution < -0.4 is 5.32 Å². The minimum atomic E-state index is 0.579. The fraction of sp³-hybridized carbons (Fsp3) is 1.00. The molecule has 0 bridgehead atoms. The molecule has 0 radical (unpaired) electrons. The van der Waals surface area contributed by atoms with Crippen LogP contribution in [0.2, 0.25) is 0 Å². The maximum Gasteiger partial charge on any atom is -0.00178 e. The molecule has 0 aromatic rings. The molecule has 1 fully saturated rings. The van der Waals surface area contributed by atoms with Gasteiger partial charge in [0.15, 0.2) is 0 Å². The Morgan fingerprint density at radius 1 is 1.29 bits per heavy atom. The van der Waals surface area contributed by atoms with Crippen LogP contribution in [0.1, 0.15) is 66.7 Å². The van der Waals surface area contributed by atoms with Gasteiger partial charge in [-0.3, -0.25) is 0 Å². The second-order valence-electron chi connectivity index (χ2n) is 6.92. The number of hydrogen-bond donors (Lipinski definition) is 1. The summed E-state index contributed by atoms with van der Waals surface area (Å²) in [5.41, 5.74) is 0.579. The van der Waals surface area contributed by atoms with Crippen molar-refractivity contribution in [2.24, 2.45) is 23.2 Å². The van der Waals surface area contributed by atoms with Gasteiger partial charge in [-0.1, -0.05) is 41.0 Å². The summed E-state index contributed by atoms with van der Waals surface area (Å²) in [4.78, 5) is 0. The van der Waals surface area contributed by atoms with Gasteiger partial charge in [-0.15, -0.1) is 0 Å². The van der Waals surface area contributed by atoms with E-state index in [0.29, 0.717) is 5.41 Å². The monoisotopic (exact) mass is 239 g/mol. The van der Waals surface area contributed by atoms with Crippen LogP contribution in [-0.2, 0) is 0 Å². The minimum Gasteiger partial charge on any atom is -0.316 e. The molecule has 3 unspecified atom stereocenters. The van der Waals surface area contributed by atoms with Crippen molar-refractivity contribution in [1.29, 1.82) is 0 Å². The highest BCUT2D eigenvalue weighted by Gasteiger charge is 2.36. The summed E-state index contributed by atoms with van der Waals surface area (Å²) in [5.74, 6) is 2.75. The zero-order chi connectivity index (χ0) is 12.9. The zero-order valence-corrected chi connectivity index (χ0v) is 12.7. The van der Waals surface area contributed by atoms with Crippen molar-refractivity contribution in [3.05, 3.63) is 0 Å². The van der Waals surface area contributed by atoms with Crippen LogP contribution in [0.15, 0.2) is 0 Å². The Balaban J connectivity index is 2.54. The number of hydrogen-bond acceptors (Lipinski definition) is 1. The highest BCUT2D eigenvalue weighted by Crippen LogP contribution is 2.45. The van der Waals surface area contributed by atoms with Crippen molar-refractivity contribution < 1.29 is 0 Å². The van der Waals surface area contributed by atoms with Crippen LogP contribution in [0.5, 0.6) is 0 Å². The van der Waals surface area contributed by atoms with Gasteiger partial charge in [0, 0.05) is 0 Å². The molecule has 0 spiro atoms. The van der Waals surface area contributed by atoms with E-state index in [1.807, 2.05) is 0 Å². The van der Waals surface area contributed by atoms with Crippen LogP contribution in [0.3, 0.4) is 0 Å². The Labute approximate surface area is 109 Å². The molecule has 1 N–H and O–H groups in total. The maximum atomic E-state index is 3.64. The molecular formula is C16H33N. The molecule has 0 aromatic heterocycles. The predicted octanol–water partition coefficient (Wildman–Crippen LogP) is 4.47. The smallest absolute Gasteiger partial charge is 0.00178 e. The van der Waals surface area contributed by atoms with Gasteiger partial charge in [0.2, 0.25) is 0 Å². The van der Waals surface area contributed by atoms with Crippen molar-refractivity contribution in [2.75, 3.05) is 13.1 Å². The lowest BCUT2D eigenvalue weighted by atomic mass is 9.63. The first-order chi connectivity index (χ1) is 8.00. The molecule has 0 aliphatic heterocycles. The highest BCUT2D eigenvalue weighted by atomic mass is 14.9. The summed E-state index contributed by atoms with van der Waals surface area (Å²) in [7, 11) is 0. The van der Waals surface area contributed by atoms with Crippen molar-refractivity contribution in [1.82, 2.24) is 5.32 Å². The predicted molar refractivity (Wildman–Crippen MR) is 77.2 cm³/mol. The minimum absolute atomic E-state index is 0.579. The summed E-state index contributed by atoms with van der Waals surface area (Å²) in [6, 6.07) is 0. The van der Waals surface area contributed by atoms with Gasteiger partial charge < -0.3 is 5.32 Å². The Kier molecular flexibility index (Phi) is 5.99. The van der Waals surface area contributed by atoms with E-state index in [9.17, 15) is 0 Å². The number of rotatable bonds is 6. The summed E-state index contributed by atoms with van der Waals surface area (Å²) in [6.45, 7) is 14.4. The van der Waals surface area contributed by atoms with E-state index >= 15 is 0 Å². The molecule has 17 heavy (non-hydrogen) atoms. The molecule has 0 aromatic carbocycles. The summed E-state index contributed by atoms with van der Waals surface area (Å²) >= 11 is 0. The van der Waals surface area contributed by atoms with E-state index in [1.165, 1.54) is 45.2 Å². The van der Waals surface area contributed by atoms with Crippen LogP contribution >= 0.6 is 0 Å². The van der Waals surface area contributed by atoms with Crippen LogP contribution in [0.4, 0.5) is 0 Å². The molecule has 102 valence electrons. The van der Waals surface area contributed by atoms with Gasteiger partial charge in [-0.25, -0.2) is 0 Å². The molecule has 0 heterocycles. The Bertz CT molecular complexity index is 210. The van der Waals surface area contributed by atoms with Gasteiger partial charge in [-0.05, 0) is 61.9 Å². The molecule has 1 aliphatic rings. The average Bonchev–Trinajstić information content (AvgIpc) is 2.29. The molecule has 1 rings (SSSR count). The Hall–Kier alpha value is -0.0400. The van der Waals surface area contributed by atoms with Crippen LogP contribution in [0, 0.1) is 23.2 Å². The molecule has 1 nitrogen and oxygen atoms in total. The third-order valence-corrected chi connectivity index (χ3v) is 4.79. The lowest BCUT2D eigenvalue weighted by Gasteiger charge is -2.43. The Morgan fingerprint density at radius 2 is 2.00 bits per heavy atom. The lowest BCUT2D eigenvalue weighted by molar-refractivity contribution is 0.0774. The largest absolute Gasteiger partial charge is 0.316 e. The highest BCUT2D eigenvalue weighted by molar-refractivity contribution is 4.87. The normalized spacial score (nSPS) is 30.2. The van der Waals surface area contributed by atoms with E-state index < -0.39 is 0 Å². The van der Waals surface area contributed by atoms with Crippen molar-refractivity contribution in [2.45, 2.75) is 66.7 Å². The summed E-state index contributed by atoms with van der Waals surface area (Å²) in [6.07, 6.45) is 6.87. The molecule has 1 heteroatoms. The van der Waals surface area contributed by atoms with E-state index in [4.69, 9.17) is 0 Å². The first-order valence-corrected chi connectivity index (χ1v) is 7.71. The Morgan fingerprint density at radius 3 is 2.59 bits per heavy atom. The van der Waals surface area contributed by atoms with Gasteiger partial charge in [0.25, 0.3) is 0 Å². The summed E-state index contributed by atoms with van der Waals surface area (Å²) in [5, 5.41) is 3.64. The molecule has 0 saturated heterocycles. The fourth-order valence-electron chi connectivity index (χ4n) is 3.38. The molecule has 1 aliphatic carbocycles. The fourth-order valence-corrected chi connectivity index (χ4v) is 3.38. The molecule has 3 atom stereocenters. The second kappa shape index (κ2) is 6.78. The van der Waals surface area contributed by atoms with Gasteiger partial charge >= 0.3 is 0 Å². The third-order valence-electron chi connectivity index (χ3n) is 4.79. The van der Waals surface area contributed by atoms with Crippen molar-refractivity contribution in [3.63, 3.8) is 0 Å². The van der Waals surface area contributed by atoms with Crippen molar-refractivity contribution in [3.8, 4) is 0 Å². The van der Waals surface area contributed by atoms with E-state index in [2.05, 4.69) is 39.9 Å². The van der Waals surface area contributed by atoms with E-state index in [-0.39, 0.29) is 0 Å². The molecule has 0 amide bonds. The quantitative estimate of drug-likeness (QED) is 0.674. The topological polar surface area (TPSA) is 12.0 Å². The third kappa shape index (κ3) is 4.62.